The van der Waals surface area contributed by atoms with Crippen molar-refractivity contribution in [3.8, 4) is 0 Å². The lowest BCUT2D eigenvalue weighted by molar-refractivity contribution is 0.560. The van der Waals surface area contributed by atoms with E-state index in [0.717, 1.165) is 6.42 Å². The number of nitrogens with zero attached hydrogens (tertiary/aromatic N) is 4. The van der Waals surface area contributed by atoms with Crippen LogP contribution in [0.25, 0.3) is 0 Å². The lowest BCUT2D eigenvalue weighted by Crippen LogP contribution is -2.27. The fourth-order valence-corrected chi connectivity index (χ4v) is 2.87. The number of nitrogens with two attached hydrogens (primary N) is 1. The fourth-order valence-electron chi connectivity index (χ4n) is 1.77. The van der Waals surface area contributed by atoms with Crippen molar-refractivity contribution in [1.29, 1.82) is 0 Å². The topological polar surface area (TPSA) is 108 Å². The van der Waals surface area contributed by atoms with Gasteiger partial charge in [-0.05, 0) is 12.5 Å². The molecule has 2 aromatic rings. The molecular formula is C11H18N6O2S. The summed E-state index contributed by atoms with van der Waals surface area (Å²) in [6.07, 6.45) is 5.71. The van der Waals surface area contributed by atoms with Crippen molar-refractivity contribution in [1.82, 2.24) is 24.3 Å². The minimum absolute atomic E-state index is 0.0186. The van der Waals surface area contributed by atoms with Crippen molar-refractivity contribution in [3.63, 3.8) is 0 Å². The normalized spacial score (nSPS) is 11.8. The summed E-state index contributed by atoms with van der Waals surface area (Å²) in [5, 5.41) is 7.98. The Bertz CT molecular complexity index is 647. The van der Waals surface area contributed by atoms with E-state index < -0.39 is 10.0 Å². The molecule has 3 N–H and O–H groups in total. The predicted molar refractivity (Wildman–Crippen MR) is 74.3 cm³/mol. The van der Waals surface area contributed by atoms with Gasteiger partial charge in [0.05, 0.1) is 6.54 Å². The predicted octanol–water partition coefficient (Wildman–Crippen LogP) is 0.0503. The molecule has 0 aliphatic rings. The molecule has 110 valence electrons. The smallest absolute Gasteiger partial charge is 0.245 e. The van der Waals surface area contributed by atoms with Crippen LogP contribution < -0.4 is 10.5 Å². The average molecular weight is 298 g/mol. The third-order valence-corrected chi connectivity index (χ3v) is 4.17. The van der Waals surface area contributed by atoms with Gasteiger partial charge in [0.2, 0.25) is 10.0 Å². The van der Waals surface area contributed by atoms with Crippen LogP contribution in [0.4, 0.5) is 5.82 Å². The minimum Gasteiger partial charge on any atom is -0.381 e. The maximum absolute atomic E-state index is 12.1. The Balaban J connectivity index is 2.02. The summed E-state index contributed by atoms with van der Waals surface area (Å²) in [5.41, 5.74) is 5.66. The molecule has 2 rings (SSSR count). The molecule has 0 aliphatic carbocycles. The molecule has 0 atom stereocenters. The molecule has 0 spiro atoms. The van der Waals surface area contributed by atoms with E-state index in [1.54, 1.807) is 23.1 Å². The second-order valence-electron chi connectivity index (χ2n) is 4.31. The first-order valence-corrected chi connectivity index (χ1v) is 7.81. The van der Waals surface area contributed by atoms with E-state index in [1.807, 2.05) is 6.92 Å². The van der Waals surface area contributed by atoms with Crippen LogP contribution in [0.3, 0.4) is 0 Å². The molecular weight excluding hydrogens is 280 g/mol. The standard InChI is InChI=1S/C11H18N6O2S/c1-2-6-17-9-10(11(12)15-17)20(18,19)14-5-8-16-7-3-4-13-16/h3-4,7,9,14H,2,5-6,8H2,1H3,(H2,12,15). The summed E-state index contributed by atoms with van der Waals surface area (Å²) < 4.78 is 29.9. The van der Waals surface area contributed by atoms with Crippen LogP contribution in [0.15, 0.2) is 29.6 Å². The third-order valence-electron chi connectivity index (χ3n) is 2.69. The van der Waals surface area contributed by atoms with Crippen molar-refractivity contribution in [3.05, 3.63) is 24.7 Å². The number of rotatable bonds is 7. The van der Waals surface area contributed by atoms with Crippen molar-refractivity contribution in [2.75, 3.05) is 12.3 Å². The summed E-state index contributed by atoms with van der Waals surface area (Å²) >= 11 is 0. The lowest BCUT2D eigenvalue weighted by Gasteiger charge is -2.05. The zero-order chi connectivity index (χ0) is 14.6. The van der Waals surface area contributed by atoms with Gasteiger partial charge in [0.25, 0.3) is 0 Å². The number of nitrogens with one attached hydrogen (secondary N) is 1. The number of anilines is 1. The molecule has 0 aliphatic heterocycles. The zero-order valence-electron chi connectivity index (χ0n) is 11.2. The summed E-state index contributed by atoms with van der Waals surface area (Å²) in [5.74, 6) is 0.0186. The number of hydrogen-bond donors (Lipinski definition) is 2. The van der Waals surface area contributed by atoms with E-state index in [0.29, 0.717) is 13.1 Å². The number of hydrogen-bond acceptors (Lipinski definition) is 5. The highest BCUT2D eigenvalue weighted by atomic mass is 32.2. The maximum Gasteiger partial charge on any atom is 0.245 e. The zero-order valence-corrected chi connectivity index (χ0v) is 12.0. The number of nitrogen functional groups attached to an aromatic ring is 1. The van der Waals surface area contributed by atoms with E-state index in [1.165, 1.54) is 10.9 Å². The molecule has 0 saturated carbocycles. The monoisotopic (exact) mass is 298 g/mol. The van der Waals surface area contributed by atoms with E-state index >= 15 is 0 Å². The van der Waals surface area contributed by atoms with Crippen molar-refractivity contribution >= 4 is 15.8 Å². The summed E-state index contributed by atoms with van der Waals surface area (Å²) in [6, 6.07) is 1.78. The van der Waals surface area contributed by atoms with E-state index in [9.17, 15) is 8.42 Å². The highest BCUT2D eigenvalue weighted by Crippen LogP contribution is 2.15. The highest BCUT2D eigenvalue weighted by molar-refractivity contribution is 7.89. The first kappa shape index (κ1) is 14.5. The molecule has 0 aromatic carbocycles. The second kappa shape index (κ2) is 6.06. The SMILES string of the molecule is CCCn1cc(S(=O)(=O)NCCn2cccn2)c(N)n1. The molecule has 0 bridgehead atoms. The number of aromatic nitrogens is 4. The summed E-state index contributed by atoms with van der Waals surface area (Å²) in [4.78, 5) is 0.0198. The second-order valence-corrected chi connectivity index (χ2v) is 6.04. The maximum atomic E-state index is 12.1. The van der Waals surface area contributed by atoms with E-state index in [-0.39, 0.29) is 17.3 Å². The van der Waals surface area contributed by atoms with Gasteiger partial charge >= 0.3 is 0 Å². The summed E-state index contributed by atoms with van der Waals surface area (Å²) in [6.45, 7) is 3.30. The molecule has 2 heterocycles. The number of aryl methyl sites for hydroxylation is 1. The molecule has 20 heavy (non-hydrogen) atoms. The van der Waals surface area contributed by atoms with Crippen LogP contribution in [-0.2, 0) is 23.1 Å². The first-order chi connectivity index (χ1) is 9.53. The van der Waals surface area contributed by atoms with Crippen LogP contribution in [0.1, 0.15) is 13.3 Å². The highest BCUT2D eigenvalue weighted by Gasteiger charge is 2.20. The molecule has 9 heteroatoms. The van der Waals surface area contributed by atoms with Crippen LogP contribution in [-0.4, -0.2) is 34.5 Å². The fraction of sp³-hybridized carbons (Fsp3) is 0.455. The van der Waals surface area contributed by atoms with Crippen molar-refractivity contribution in [2.45, 2.75) is 31.3 Å². The van der Waals surface area contributed by atoms with E-state index in [4.69, 9.17) is 5.73 Å². The van der Waals surface area contributed by atoms with Gasteiger partial charge in [0, 0.05) is 31.7 Å². The van der Waals surface area contributed by atoms with Gasteiger partial charge in [-0.1, -0.05) is 6.92 Å². The van der Waals surface area contributed by atoms with Crippen LogP contribution in [0, 0.1) is 0 Å². The number of sulfonamides is 1. The van der Waals surface area contributed by atoms with Gasteiger partial charge in [0.15, 0.2) is 5.82 Å². The Morgan fingerprint density at radius 1 is 1.35 bits per heavy atom. The third kappa shape index (κ3) is 3.36. The Kier molecular flexibility index (Phi) is 4.40. The lowest BCUT2D eigenvalue weighted by atomic mass is 10.5. The van der Waals surface area contributed by atoms with Gasteiger partial charge in [-0.25, -0.2) is 13.1 Å². The minimum atomic E-state index is -3.64. The van der Waals surface area contributed by atoms with Gasteiger partial charge in [-0.2, -0.15) is 10.2 Å². The molecule has 0 radical (unpaired) electrons. The van der Waals surface area contributed by atoms with Crippen LogP contribution in [0.2, 0.25) is 0 Å². The van der Waals surface area contributed by atoms with Crippen molar-refractivity contribution < 1.29 is 8.42 Å². The Hall–Kier alpha value is -1.87. The van der Waals surface area contributed by atoms with Gasteiger partial charge in [0.1, 0.15) is 4.90 Å². The molecule has 2 aromatic heterocycles. The Morgan fingerprint density at radius 3 is 2.80 bits per heavy atom. The first-order valence-electron chi connectivity index (χ1n) is 6.33. The summed E-state index contributed by atoms with van der Waals surface area (Å²) in [7, 11) is -3.64. The quantitative estimate of drug-likeness (QED) is 0.751. The molecule has 8 nitrogen and oxygen atoms in total. The Labute approximate surface area is 117 Å². The molecule has 0 fully saturated rings. The van der Waals surface area contributed by atoms with Crippen molar-refractivity contribution in [2.24, 2.45) is 0 Å². The molecule has 0 saturated heterocycles. The van der Waals surface area contributed by atoms with Crippen LogP contribution in [0.5, 0.6) is 0 Å². The van der Waals surface area contributed by atoms with Gasteiger partial charge in [-0.15, -0.1) is 0 Å². The Morgan fingerprint density at radius 2 is 2.15 bits per heavy atom. The van der Waals surface area contributed by atoms with E-state index in [2.05, 4.69) is 14.9 Å². The van der Waals surface area contributed by atoms with Gasteiger partial charge in [-0.3, -0.25) is 9.36 Å². The van der Waals surface area contributed by atoms with Gasteiger partial charge < -0.3 is 5.73 Å². The largest absolute Gasteiger partial charge is 0.381 e. The molecule has 0 unspecified atom stereocenters. The molecule has 0 amide bonds. The van der Waals surface area contributed by atoms with Crippen LogP contribution >= 0.6 is 0 Å². The average Bonchev–Trinajstić information content (AvgIpc) is 2.99.